The van der Waals surface area contributed by atoms with Crippen LogP contribution in [0.5, 0.6) is 0 Å². The zero-order chi connectivity index (χ0) is 13.3. The molecule has 0 aromatic rings. The Bertz CT molecular complexity index is 350. The average molecular weight is 254 g/mol. The summed E-state index contributed by atoms with van der Waals surface area (Å²) >= 11 is 0. The van der Waals surface area contributed by atoms with Gasteiger partial charge in [-0.3, -0.25) is 9.59 Å². The fraction of sp³-hybridized carbons (Fsp3) is 0.846. The molecule has 5 nitrogen and oxygen atoms in total. The van der Waals surface area contributed by atoms with Crippen molar-refractivity contribution in [2.75, 3.05) is 13.2 Å². The van der Waals surface area contributed by atoms with Crippen LogP contribution in [0.25, 0.3) is 0 Å². The van der Waals surface area contributed by atoms with Crippen molar-refractivity contribution < 1.29 is 14.3 Å². The van der Waals surface area contributed by atoms with E-state index in [0.717, 1.165) is 12.8 Å². The number of rotatable bonds is 3. The minimum atomic E-state index is -0.405. The number of piperazine rings is 1. The summed E-state index contributed by atoms with van der Waals surface area (Å²) in [5.74, 6) is -0.0156. The Kier molecular flexibility index (Phi) is 3.61. The molecule has 0 bridgehead atoms. The number of amides is 2. The van der Waals surface area contributed by atoms with Gasteiger partial charge in [-0.25, -0.2) is 0 Å². The molecule has 2 aliphatic rings. The summed E-state index contributed by atoms with van der Waals surface area (Å²) in [6.07, 6.45) is 2.38. The maximum Gasteiger partial charge on any atom is 0.246 e. The molecule has 1 N–H and O–H groups in total. The number of nitrogens with one attached hydrogen (secondary N) is 1. The summed E-state index contributed by atoms with van der Waals surface area (Å²) in [4.78, 5) is 26.3. The van der Waals surface area contributed by atoms with Gasteiger partial charge in [-0.15, -0.1) is 0 Å². The Morgan fingerprint density at radius 1 is 1.50 bits per heavy atom. The smallest absolute Gasteiger partial charge is 0.246 e. The molecule has 2 fully saturated rings. The van der Waals surface area contributed by atoms with E-state index in [-0.39, 0.29) is 23.4 Å². The van der Waals surface area contributed by atoms with E-state index in [1.807, 2.05) is 13.8 Å². The quantitative estimate of drug-likeness (QED) is 0.806. The molecule has 2 rings (SSSR count). The molecule has 0 spiro atoms. The first kappa shape index (κ1) is 13.3. The third-order valence-corrected chi connectivity index (χ3v) is 3.98. The fourth-order valence-electron chi connectivity index (χ4n) is 2.89. The summed E-state index contributed by atoms with van der Waals surface area (Å²) in [5, 5.41) is 2.82. The molecule has 0 aromatic carbocycles. The van der Waals surface area contributed by atoms with Gasteiger partial charge in [0.15, 0.2) is 0 Å². The molecule has 18 heavy (non-hydrogen) atoms. The van der Waals surface area contributed by atoms with Crippen LogP contribution in [0.2, 0.25) is 0 Å². The van der Waals surface area contributed by atoms with Crippen molar-refractivity contribution in [3.8, 4) is 0 Å². The molecular weight excluding hydrogens is 232 g/mol. The number of hydrogen-bond acceptors (Lipinski definition) is 3. The molecule has 0 saturated carbocycles. The van der Waals surface area contributed by atoms with E-state index >= 15 is 0 Å². The van der Waals surface area contributed by atoms with Gasteiger partial charge in [0.1, 0.15) is 12.1 Å². The van der Waals surface area contributed by atoms with Crippen molar-refractivity contribution in [3.63, 3.8) is 0 Å². The molecule has 102 valence electrons. The van der Waals surface area contributed by atoms with Crippen LogP contribution in [0, 0.1) is 0 Å². The van der Waals surface area contributed by atoms with E-state index < -0.39 is 6.04 Å². The first-order chi connectivity index (χ1) is 8.49. The SMILES string of the molecule is CCCC1NC(=O)C(C)N(C2(C)CCOC2)C1=O. The Labute approximate surface area is 108 Å². The number of hydrogen-bond donors (Lipinski definition) is 1. The van der Waals surface area contributed by atoms with Gasteiger partial charge in [-0.05, 0) is 26.7 Å². The van der Waals surface area contributed by atoms with E-state index in [2.05, 4.69) is 5.32 Å². The molecule has 2 aliphatic heterocycles. The summed E-state index contributed by atoms with van der Waals surface area (Å²) in [6, 6.07) is -0.770. The van der Waals surface area contributed by atoms with Crippen molar-refractivity contribution in [1.29, 1.82) is 0 Å². The van der Waals surface area contributed by atoms with E-state index in [4.69, 9.17) is 4.74 Å². The number of nitrogens with zero attached hydrogens (tertiary/aromatic N) is 1. The van der Waals surface area contributed by atoms with Crippen molar-refractivity contribution in [3.05, 3.63) is 0 Å². The zero-order valence-electron chi connectivity index (χ0n) is 11.4. The Morgan fingerprint density at radius 2 is 2.22 bits per heavy atom. The molecule has 0 radical (unpaired) electrons. The third kappa shape index (κ3) is 2.11. The molecular formula is C13H22N2O3. The maximum atomic E-state index is 12.5. The second-order valence-corrected chi connectivity index (χ2v) is 5.53. The monoisotopic (exact) mass is 254 g/mol. The second kappa shape index (κ2) is 4.88. The molecule has 2 heterocycles. The lowest BCUT2D eigenvalue weighted by atomic mass is 9.92. The van der Waals surface area contributed by atoms with Crippen molar-refractivity contribution in [1.82, 2.24) is 10.2 Å². The van der Waals surface area contributed by atoms with Gasteiger partial charge >= 0.3 is 0 Å². The third-order valence-electron chi connectivity index (χ3n) is 3.98. The molecule has 0 aromatic heterocycles. The highest BCUT2D eigenvalue weighted by Crippen LogP contribution is 2.30. The van der Waals surface area contributed by atoms with Crippen molar-refractivity contribution >= 4 is 11.8 Å². The van der Waals surface area contributed by atoms with E-state index in [9.17, 15) is 9.59 Å². The Hall–Kier alpha value is -1.10. The van der Waals surface area contributed by atoms with Crippen LogP contribution in [0.3, 0.4) is 0 Å². The minimum Gasteiger partial charge on any atom is -0.379 e. The van der Waals surface area contributed by atoms with E-state index in [1.54, 1.807) is 11.8 Å². The van der Waals surface area contributed by atoms with Crippen LogP contribution in [0.4, 0.5) is 0 Å². The molecule has 5 heteroatoms. The topological polar surface area (TPSA) is 58.6 Å². The Balaban J connectivity index is 2.24. The molecule has 3 unspecified atom stereocenters. The standard InChI is InChI=1S/C13H22N2O3/c1-4-5-10-12(17)15(9(2)11(16)14-10)13(3)6-7-18-8-13/h9-10H,4-8H2,1-3H3,(H,14,16). The van der Waals surface area contributed by atoms with Gasteiger partial charge < -0.3 is 15.0 Å². The van der Waals surface area contributed by atoms with Crippen LogP contribution in [0.15, 0.2) is 0 Å². The predicted molar refractivity (Wildman–Crippen MR) is 67.0 cm³/mol. The Morgan fingerprint density at radius 3 is 2.78 bits per heavy atom. The molecule has 3 atom stereocenters. The van der Waals surface area contributed by atoms with Gasteiger partial charge in [-0.2, -0.15) is 0 Å². The molecule has 2 saturated heterocycles. The van der Waals surface area contributed by atoms with Crippen molar-refractivity contribution in [2.24, 2.45) is 0 Å². The summed E-state index contributed by atoms with van der Waals surface area (Å²) in [7, 11) is 0. The summed E-state index contributed by atoms with van der Waals surface area (Å²) < 4.78 is 5.41. The highest BCUT2D eigenvalue weighted by atomic mass is 16.5. The van der Waals surface area contributed by atoms with Crippen LogP contribution < -0.4 is 5.32 Å². The molecule has 2 amide bonds. The van der Waals surface area contributed by atoms with Crippen LogP contribution in [-0.2, 0) is 14.3 Å². The van der Waals surface area contributed by atoms with Gasteiger partial charge in [0, 0.05) is 6.61 Å². The van der Waals surface area contributed by atoms with Gasteiger partial charge in [0.25, 0.3) is 0 Å². The second-order valence-electron chi connectivity index (χ2n) is 5.53. The van der Waals surface area contributed by atoms with E-state index in [1.165, 1.54) is 0 Å². The van der Waals surface area contributed by atoms with Gasteiger partial charge in [0.05, 0.1) is 12.1 Å². The number of carbonyl (C=O) groups excluding carboxylic acids is 2. The highest BCUT2D eigenvalue weighted by Gasteiger charge is 2.48. The summed E-state index contributed by atoms with van der Waals surface area (Å²) in [5.41, 5.74) is -0.333. The average Bonchev–Trinajstić information content (AvgIpc) is 2.74. The van der Waals surface area contributed by atoms with Crippen LogP contribution >= 0.6 is 0 Å². The lowest BCUT2D eigenvalue weighted by molar-refractivity contribution is -0.156. The lowest BCUT2D eigenvalue weighted by Gasteiger charge is -2.46. The van der Waals surface area contributed by atoms with Crippen LogP contribution in [0.1, 0.15) is 40.0 Å². The predicted octanol–water partition coefficient (Wildman–Crippen LogP) is 0.681. The minimum absolute atomic E-state index is 0.0388. The van der Waals surface area contributed by atoms with Crippen LogP contribution in [-0.4, -0.2) is 47.6 Å². The first-order valence-electron chi connectivity index (χ1n) is 6.71. The van der Waals surface area contributed by atoms with Crippen molar-refractivity contribution in [2.45, 2.75) is 57.7 Å². The highest BCUT2D eigenvalue weighted by molar-refractivity contribution is 5.97. The normalized spacial score (nSPS) is 36.9. The number of carbonyl (C=O) groups is 2. The van der Waals surface area contributed by atoms with E-state index in [0.29, 0.717) is 19.6 Å². The first-order valence-corrected chi connectivity index (χ1v) is 6.71. The van der Waals surface area contributed by atoms with Gasteiger partial charge in [-0.1, -0.05) is 13.3 Å². The summed E-state index contributed by atoms with van der Waals surface area (Å²) in [6.45, 7) is 7.00. The van der Waals surface area contributed by atoms with Gasteiger partial charge in [0.2, 0.25) is 11.8 Å². The lowest BCUT2D eigenvalue weighted by Crippen LogP contribution is -2.68. The molecule has 0 aliphatic carbocycles. The zero-order valence-corrected chi connectivity index (χ0v) is 11.4. The fourth-order valence-corrected chi connectivity index (χ4v) is 2.89. The maximum absolute atomic E-state index is 12.5. The number of ether oxygens (including phenoxy) is 1. The largest absolute Gasteiger partial charge is 0.379 e.